The molecule has 18 heavy (non-hydrogen) atoms. The van der Waals surface area contributed by atoms with Crippen molar-refractivity contribution in [2.24, 2.45) is 10.2 Å². The highest BCUT2D eigenvalue weighted by molar-refractivity contribution is 6.32. The molecule has 2 N–H and O–H groups in total. The summed E-state index contributed by atoms with van der Waals surface area (Å²) in [5.74, 6) is 0.559. The lowest BCUT2D eigenvalue weighted by Crippen LogP contribution is -1.87. The number of nitrogens with zero attached hydrogens (tertiary/aromatic N) is 3. The normalized spacial score (nSPS) is 10.8. The molecule has 0 bridgehead atoms. The fraction of sp³-hybridized carbons (Fsp3) is 0.0833. The number of rotatable bonds is 3. The molecule has 6 heteroatoms. The van der Waals surface area contributed by atoms with Gasteiger partial charge in [0, 0.05) is 24.1 Å². The van der Waals surface area contributed by atoms with E-state index in [9.17, 15) is 0 Å². The number of halogens is 1. The number of azo groups is 1. The standard InChI is InChI=1S/C12H11ClN4O/c1-18-12-6-8(14)2-3-11(12)17-16-10-4-5-15-7-9(10)13/h2-7H,14H2,1H3. The van der Waals surface area contributed by atoms with Crippen LogP contribution in [0.4, 0.5) is 17.1 Å². The molecule has 0 saturated carbocycles. The smallest absolute Gasteiger partial charge is 0.148 e. The molecule has 2 rings (SSSR count). The summed E-state index contributed by atoms with van der Waals surface area (Å²) in [6.45, 7) is 0. The fourth-order valence-electron chi connectivity index (χ4n) is 1.33. The van der Waals surface area contributed by atoms with Crippen LogP contribution in [0.15, 0.2) is 46.9 Å². The minimum atomic E-state index is 0.440. The first-order chi connectivity index (χ1) is 8.70. The molecule has 0 unspecified atom stereocenters. The van der Waals surface area contributed by atoms with E-state index in [0.29, 0.717) is 27.8 Å². The van der Waals surface area contributed by atoms with Crippen molar-refractivity contribution in [3.8, 4) is 5.75 Å². The number of benzene rings is 1. The second-order valence-electron chi connectivity index (χ2n) is 3.46. The van der Waals surface area contributed by atoms with Crippen LogP contribution < -0.4 is 10.5 Å². The van der Waals surface area contributed by atoms with E-state index < -0.39 is 0 Å². The van der Waals surface area contributed by atoms with Gasteiger partial charge < -0.3 is 10.5 Å². The van der Waals surface area contributed by atoms with Gasteiger partial charge in [-0.1, -0.05) is 11.6 Å². The monoisotopic (exact) mass is 262 g/mol. The third-order valence-corrected chi connectivity index (χ3v) is 2.51. The van der Waals surface area contributed by atoms with Gasteiger partial charge in [-0.15, -0.1) is 10.2 Å². The number of hydrogen-bond donors (Lipinski definition) is 1. The van der Waals surface area contributed by atoms with Crippen molar-refractivity contribution in [1.29, 1.82) is 0 Å². The molecule has 0 spiro atoms. The lowest BCUT2D eigenvalue weighted by Gasteiger charge is -2.04. The molecule has 0 radical (unpaired) electrons. The number of aromatic nitrogens is 1. The molecule has 2 aromatic rings. The second kappa shape index (κ2) is 5.46. The van der Waals surface area contributed by atoms with E-state index in [4.69, 9.17) is 22.1 Å². The van der Waals surface area contributed by atoms with E-state index in [-0.39, 0.29) is 0 Å². The van der Waals surface area contributed by atoms with Crippen molar-refractivity contribution < 1.29 is 4.74 Å². The molecule has 0 fully saturated rings. The Hall–Kier alpha value is -2.14. The SMILES string of the molecule is COc1cc(N)ccc1N=Nc1ccncc1Cl. The van der Waals surface area contributed by atoms with Gasteiger partial charge in [0.15, 0.2) is 0 Å². The van der Waals surface area contributed by atoms with Gasteiger partial charge >= 0.3 is 0 Å². The van der Waals surface area contributed by atoms with Crippen LogP contribution in [-0.2, 0) is 0 Å². The molecule has 0 saturated heterocycles. The quantitative estimate of drug-likeness (QED) is 0.676. The van der Waals surface area contributed by atoms with Crippen LogP contribution in [0.5, 0.6) is 5.75 Å². The van der Waals surface area contributed by atoms with Crippen LogP contribution in [-0.4, -0.2) is 12.1 Å². The zero-order valence-electron chi connectivity index (χ0n) is 9.67. The Bertz CT molecular complexity index is 586. The molecule has 5 nitrogen and oxygen atoms in total. The lowest BCUT2D eigenvalue weighted by molar-refractivity contribution is 0.416. The molecule has 92 valence electrons. The summed E-state index contributed by atoms with van der Waals surface area (Å²) in [6, 6.07) is 6.82. The molecule has 0 amide bonds. The Morgan fingerprint density at radius 1 is 1.22 bits per heavy atom. The maximum Gasteiger partial charge on any atom is 0.148 e. The number of pyridine rings is 1. The van der Waals surface area contributed by atoms with E-state index in [0.717, 1.165) is 0 Å². The van der Waals surface area contributed by atoms with Crippen LogP contribution in [0.2, 0.25) is 5.02 Å². The van der Waals surface area contributed by atoms with Crippen LogP contribution in [0.25, 0.3) is 0 Å². The Labute approximate surface area is 109 Å². The molecule has 0 aliphatic carbocycles. The summed E-state index contributed by atoms with van der Waals surface area (Å²) in [6.07, 6.45) is 3.11. The van der Waals surface area contributed by atoms with Gasteiger partial charge in [-0.05, 0) is 18.2 Å². The predicted molar refractivity (Wildman–Crippen MR) is 70.8 cm³/mol. The van der Waals surface area contributed by atoms with E-state index in [1.807, 2.05) is 0 Å². The Balaban J connectivity index is 2.32. The Morgan fingerprint density at radius 2 is 2.00 bits per heavy atom. The first-order valence-corrected chi connectivity index (χ1v) is 5.53. The third-order valence-electron chi connectivity index (χ3n) is 2.22. The summed E-state index contributed by atoms with van der Waals surface area (Å²) in [7, 11) is 1.55. The van der Waals surface area contributed by atoms with Crippen molar-refractivity contribution in [1.82, 2.24) is 4.98 Å². The van der Waals surface area contributed by atoms with Crippen LogP contribution in [0, 0.1) is 0 Å². The van der Waals surface area contributed by atoms with Crippen molar-refractivity contribution in [2.75, 3.05) is 12.8 Å². The minimum Gasteiger partial charge on any atom is -0.494 e. The zero-order valence-corrected chi connectivity index (χ0v) is 10.4. The average molecular weight is 263 g/mol. The number of hydrogen-bond acceptors (Lipinski definition) is 5. The summed E-state index contributed by atoms with van der Waals surface area (Å²) in [5, 5.41) is 8.57. The van der Waals surface area contributed by atoms with Gasteiger partial charge in [-0.25, -0.2) is 0 Å². The van der Waals surface area contributed by atoms with Crippen LogP contribution in [0.1, 0.15) is 0 Å². The largest absolute Gasteiger partial charge is 0.494 e. The molecular formula is C12H11ClN4O. The second-order valence-corrected chi connectivity index (χ2v) is 3.87. The highest BCUT2D eigenvalue weighted by Gasteiger charge is 2.03. The number of methoxy groups -OCH3 is 1. The molecule has 0 aliphatic heterocycles. The highest BCUT2D eigenvalue weighted by Crippen LogP contribution is 2.32. The first-order valence-electron chi connectivity index (χ1n) is 5.15. The van der Waals surface area contributed by atoms with E-state index in [1.54, 1.807) is 37.6 Å². The Morgan fingerprint density at radius 3 is 2.72 bits per heavy atom. The lowest BCUT2D eigenvalue weighted by atomic mass is 10.2. The number of anilines is 1. The maximum absolute atomic E-state index is 5.92. The Kier molecular flexibility index (Phi) is 3.74. The van der Waals surface area contributed by atoms with Gasteiger partial charge in [0.1, 0.15) is 17.1 Å². The molecule has 1 aromatic heterocycles. The fourth-order valence-corrected chi connectivity index (χ4v) is 1.49. The number of ether oxygens (including phenoxy) is 1. The minimum absolute atomic E-state index is 0.440. The van der Waals surface area contributed by atoms with E-state index >= 15 is 0 Å². The van der Waals surface area contributed by atoms with E-state index in [2.05, 4.69) is 15.2 Å². The van der Waals surface area contributed by atoms with Crippen LogP contribution >= 0.6 is 11.6 Å². The highest BCUT2D eigenvalue weighted by atomic mass is 35.5. The molecule has 1 heterocycles. The summed E-state index contributed by atoms with van der Waals surface area (Å²) >= 11 is 5.92. The predicted octanol–water partition coefficient (Wildman–Crippen LogP) is 3.74. The summed E-state index contributed by atoms with van der Waals surface area (Å²) in [5.41, 5.74) is 7.39. The van der Waals surface area contributed by atoms with Gasteiger partial charge in [-0.3, -0.25) is 4.98 Å². The van der Waals surface area contributed by atoms with Gasteiger partial charge in [0.25, 0.3) is 0 Å². The molecule has 0 atom stereocenters. The van der Waals surface area contributed by atoms with E-state index in [1.165, 1.54) is 6.20 Å². The van der Waals surface area contributed by atoms with Crippen molar-refractivity contribution in [2.45, 2.75) is 0 Å². The molecule has 1 aromatic carbocycles. The topological polar surface area (TPSA) is 72.9 Å². The summed E-state index contributed by atoms with van der Waals surface area (Å²) < 4.78 is 5.17. The third kappa shape index (κ3) is 2.75. The molecule has 0 aliphatic rings. The maximum atomic E-state index is 5.92. The van der Waals surface area contributed by atoms with Crippen molar-refractivity contribution >= 4 is 28.7 Å². The molecular weight excluding hydrogens is 252 g/mol. The summed E-state index contributed by atoms with van der Waals surface area (Å²) in [4.78, 5) is 3.87. The van der Waals surface area contributed by atoms with Gasteiger partial charge in [0.05, 0.1) is 12.1 Å². The number of nitrogens with two attached hydrogens (primary N) is 1. The zero-order chi connectivity index (χ0) is 13.0. The van der Waals surface area contributed by atoms with Crippen molar-refractivity contribution in [3.05, 3.63) is 41.7 Å². The number of nitrogen functional groups attached to an aromatic ring is 1. The average Bonchev–Trinajstić information content (AvgIpc) is 2.39. The van der Waals surface area contributed by atoms with Gasteiger partial charge in [0.2, 0.25) is 0 Å². The van der Waals surface area contributed by atoms with Crippen LogP contribution in [0.3, 0.4) is 0 Å². The first kappa shape index (κ1) is 12.3. The van der Waals surface area contributed by atoms with Crippen molar-refractivity contribution in [3.63, 3.8) is 0 Å². The van der Waals surface area contributed by atoms with Gasteiger partial charge in [-0.2, -0.15) is 0 Å².